The van der Waals surface area contributed by atoms with Crippen molar-refractivity contribution in [2.24, 2.45) is 0 Å². The van der Waals surface area contributed by atoms with Gasteiger partial charge in [0.2, 0.25) is 0 Å². The molecule has 0 radical (unpaired) electrons. The molecule has 1 aromatic heterocycles. The van der Waals surface area contributed by atoms with Gasteiger partial charge in [-0.3, -0.25) is 4.79 Å². The van der Waals surface area contributed by atoms with Crippen LogP contribution in [0.4, 0.5) is 0 Å². The molecule has 0 fully saturated rings. The molecule has 19 heavy (non-hydrogen) atoms. The molecule has 1 rings (SSSR count). The van der Waals surface area contributed by atoms with Crippen LogP contribution >= 0.6 is 23.2 Å². The van der Waals surface area contributed by atoms with Gasteiger partial charge in [0, 0.05) is 19.3 Å². The van der Waals surface area contributed by atoms with Gasteiger partial charge in [-0.1, -0.05) is 37.0 Å². The summed E-state index contributed by atoms with van der Waals surface area (Å²) in [4.78, 5) is 18.0. The molecule has 1 amide bonds. The maximum absolute atomic E-state index is 11.9. The van der Waals surface area contributed by atoms with Gasteiger partial charge in [0.15, 0.2) is 0 Å². The van der Waals surface area contributed by atoms with E-state index in [9.17, 15) is 4.79 Å². The number of pyridine rings is 1. The summed E-state index contributed by atoms with van der Waals surface area (Å²) < 4.78 is 0. The topological polar surface area (TPSA) is 45.2 Å². The van der Waals surface area contributed by atoms with Crippen LogP contribution in [0.1, 0.15) is 30.6 Å². The number of nitrogens with zero attached hydrogens (tertiary/aromatic N) is 2. The van der Waals surface area contributed by atoms with Crippen LogP contribution in [-0.2, 0) is 0 Å². The highest BCUT2D eigenvalue weighted by atomic mass is 35.5. The molecule has 1 heterocycles. The molecular weight excluding hydrogens is 285 g/mol. The fourth-order valence-corrected chi connectivity index (χ4v) is 2.10. The van der Waals surface area contributed by atoms with Gasteiger partial charge in [0.1, 0.15) is 5.15 Å². The number of hydrogen-bond donors (Lipinski definition) is 1. The van der Waals surface area contributed by atoms with E-state index in [1.165, 1.54) is 12.3 Å². The summed E-state index contributed by atoms with van der Waals surface area (Å²) in [5, 5.41) is 3.41. The molecule has 0 spiro atoms. The fourth-order valence-electron chi connectivity index (χ4n) is 1.75. The number of likely N-dealkylation sites (N-methyl/N-ethyl adjacent to an activating group) is 1. The second-order valence-electron chi connectivity index (χ2n) is 4.18. The Bertz CT molecular complexity index is 426. The molecule has 0 aliphatic carbocycles. The predicted molar refractivity (Wildman–Crippen MR) is 79.0 cm³/mol. The van der Waals surface area contributed by atoms with E-state index >= 15 is 0 Å². The molecule has 0 unspecified atom stereocenters. The first-order valence-electron chi connectivity index (χ1n) is 6.40. The van der Waals surface area contributed by atoms with Gasteiger partial charge >= 0.3 is 0 Å². The van der Waals surface area contributed by atoms with E-state index in [2.05, 4.69) is 29.0 Å². The molecule has 0 atom stereocenters. The zero-order valence-electron chi connectivity index (χ0n) is 11.2. The van der Waals surface area contributed by atoms with Crippen molar-refractivity contribution >= 4 is 29.1 Å². The smallest absolute Gasteiger partial charge is 0.253 e. The van der Waals surface area contributed by atoms with Crippen LogP contribution in [0, 0.1) is 0 Å². The highest BCUT2D eigenvalue weighted by Crippen LogP contribution is 2.17. The van der Waals surface area contributed by atoms with E-state index in [-0.39, 0.29) is 11.1 Å². The Balaban J connectivity index is 2.49. The Morgan fingerprint density at radius 3 is 2.74 bits per heavy atom. The summed E-state index contributed by atoms with van der Waals surface area (Å²) in [5.41, 5.74) is 0.361. The van der Waals surface area contributed by atoms with Gasteiger partial charge in [-0.15, -0.1) is 0 Å². The normalized spacial score (nSPS) is 10.8. The second kappa shape index (κ2) is 8.35. The molecule has 4 nitrogen and oxygen atoms in total. The molecule has 0 saturated carbocycles. The van der Waals surface area contributed by atoms with Gasteiger partial charge < -0.3 is 10.2 Å². The summed E-state index contributed by atoms with van der Waals surface area (Å²) in [6.45, 7) is 7.67. The number of rotatable bonds is 7. The number of amides is 1. The van der Waals surface area contributed by atoms with E-state index in [0.29, 0.717) is 17.1 Å². The van der Waals surface area contributed by atoms with Crippen molar-refractivity contribution in [2.45, 2.75) is 20.3 Å². The largest absolute Gasteiger partial charge is 0.351 e. The molecule has 0 saturated heterocycles. The van der Waals surface area contributed by atoms with Crippen molar-refractivity contribution in [1.29, 1.82) is 0 Å². The van der Waals surface area contributed by atoms with Gasteiger partial charge in [0.25, 0.3) is 5.91 Å². The van der Waals surface area contributed by atoms with Crippen molar-refractivity contribution in [2.75, 3.05) is 26.2 Å². The average Bonchev–Trinajstić information content (AvgIpc) is 2.40. The minimum atomic E-state index is -0.221. The summed E-state index contributed by atoms with van der Waals surface area (Å²) in [6.07, 6.45) is 2.49. The van der Waals surface area contributed by atoms with Crippen molar-refractivity contribution in [3.8, 4) is 0 Å². The third-order valence-electron chi connectivity index (χ3n) is 2.77. The first-order valence-corrected chi connectivity index (χ1v) is 7.15. The lowest BCUT2D eigenvalue weighted by Gasteiger charge is -2.19. The van der Waals surface area contributed by atoms with Gasteiger partial charge in [-0.25, -0.2) is 4.98 Å². The summed E-state index contributed by atoms with van der Waals surface area (Å²) in [6, 6.07) is 1.48. The summed E-state index contributed by atoms with van der Waals surface area (Å²) in [7, 11) is 0. The Labute approximate surface area is 124 Å². The summed E-state index contributed by atoms with van der Waals surface area (Å²) in [5.74, 6) is -0.221. The standard InChI is InChI=1S/C13H19Cl2N3O/c1-3-6-18(4-2)7-5-16-13(19)10-8-12(15)17-9-11(10)14/h8-9H,3-7H2,1-2H3,(H,16,19). The van der Waals surface area contributed by atoms with E-state index < -0.39 is 0 Å². The fraction of sp³-hybridized carbons (Fsp3) is 0.538. The van der Waals surface area contributed by atoms with E-state index in [0.717, 1.165) is 26.1 Å². The third-order valence-corrected chi connectivity index (χ3v) is 3.28. The van der Waals surface area contributed by atoms with E-state index in [1.807, 2.05) is 0 Å². The van der Waals surface area contributed by atoms with Crippen molar-refractivity contribution in [3.63, 3.8) is 0 Å². The maximum atomic E-state index is 11.9. The van der Waals surface area contributed by atoms with E-state index in [4.69, 9.17) is 23.2 Å². The molecule has 0 aliphatic heterocycles. The van der Waals surface area contributed by atoms with Gasteiger partial charge in [0.05, 0.1) is 10.6 Å². The minimum Gasteiger partial charge on any atom is -0.351 e. The van der Waals surface area contributed by atoms with Crippen molar-refractivity contribution in [3.05, 3.63) is 28.0 Å². The molecule has 106 valence electrons. The Morgan fingerprint density at radius 1 is 1.37 bits per heavy atom. The van der Waals surface area contributed by atoms with Crippen LogP contribution in [0.3, 0.4) is 0 Å². The lowest BCUT2D eigenvalue weighted by molar-refractivity contribution is 0.0948. The van der Waals surface area contributed by atoms with Crippen LogP contribution in [0.5, 0.6) is 0 Å². The number of carbonyl (C=O) groups excluding carboxylic acids is 1. The van der Waals surface area contributed by atoms with Gasteiger partial charge in [-0.2, -0.15) is 0 Å². The van der Waals surface area contributed by atoms with Crippen LogP contribution in [0.15, 0.2) is 12.3 Å². The predicted octanol–water partition coefficient (Wildman–Crippen LogP) is 2.85. The zero-order chi connectivity index (χ0) is 14.3. The first-order chi connectivity index (χ1) is 9.08. The van der Waals surface area contributed by atoms with Gasteiger partial charge in [-0.05, 0) is 25.6 Å². The lowest BCUT2D eigenvalue weighted by Crippen LogP contribution is -2.35. The SMILES string of the molecule is CCCN(CC)CCNC(=O)c1cc(Cl)ncc1Cl. The minimum absolute atomic E-state index is 0.221. The van der Waals surface area contributed by atoms with Crippen molar-refractivity contribution < 1.29 is 4.79 Å². The highest BCUT2D eigenvalue weighted by molar-refractivity contribution is 6.35. The molecule has 0 aromatic carbocycles. The molecule has 1 N–H and O–H groups in total. The molecular formula is C13H19Cl2N3O. The Morgan fingerprint density at radius 2 is 2.11 bits per heavy atom. The van der Waals surface area contributed by atoms with Crippen molar-refractivity contribution in [1.82, 2.24) is 15.2 Å². The zero-order valence-corrected chi connectivity index (χ0v) is 12.8. The van der Waals surface area contributed by atoms with Crippen LogP contribution in [-0.4, -0.2) is 42.0 Å². The van der Waals surface area contributed by atoms with Crippen LogP contribution in [0.2, 0.25) is 10.2 Å². The number of nitrogens with one attached hydrogen (secondary N) is 1. The number of carbonyl (C=O) groups is 1. The highest BCUT2D eigenvalue weighted by Gasteiger charge is 2.11. The van der Waals surface area contributed by atoms with Crippen LogP contribution < -0.4 is 5.32 Å². The molecule has 1 aromatic rings. The second-order valence-corrected chi connectivity index (χ2v) is 4.97. The Kier molecular flexibility index (Phi) is 7.13. The monoisotopic (exact) mass is 303 g/mol. The summed E-state index contributed by atoms with van der Waals surface area (Å²) >= 11 is 11.7. The number of halogens is 2. The number of hydrogen-bond acceptors (Lipinski definition) is 3. The van der Waals surface area contributed by atoms with Crippen LogP contribution in [0.25, 0.3) is 0 Å². The molecule has 0 bridgehead atoms. The maximum Gasteiger partial charge on any atom is 0.253 e. The Hall–Kier alpha value is -0.840. The van der Waals surface area contributed by atoms with E-state index in [1.54, 1.807) is 0 Å². The number of aromatic nitrogens is 1. The third kappa shape index (κ3) is 5.35. The first kappa shape index (κ1) is 16.2. The molecule has 6 heteroatoms. The average molecular weight is 304 g/mol. The quantitative estimate of drug-likeness (QED) is 0.788. The lowest BCUT2D eigenvalue weighted by atomic mass is 10.2. The molecule has 0 aliphatic rings.